The Morgan fingerprint density at radius 2 is 2.11 bits per heavy atom. The number of aromatic nitrogens is 2. The molecule has 0 aliphatic carbocycles. The number of alkyl halides is 2. The van der Waals surface area contributed by atoms with E-state index in [1.807, 2.05) is 13.8 Å². The molecule has 0 saturated heterocycles. The molecule has 9 heteroatoms. The molecule has 3 rings (SSSR count). The highest BCUT2D eigenvalue weighted by atomic mass is 35.5. The van der Waals surface area contributed by atoms with Gasteiger partial charge in [0.05, 0.1) is 24.3 Å². The number of ether oxygens (including phenoxy) is 2. The van der Waals surface area contributed by atoms with Gasteiger partial charge in [0.25, 0.3) is 5.91 Å². The lowest BCUT2D eigenvalue weighted by molar-refractivity contribution is -0.106. The van der Waals surface area contributed by atoms with Crippen LogP contribution in [0.3, 0.4) is 0 Å². The molecule has 0 saturated carbocycles. The maximum absolute atomic E-state index is 13.8. The molecule has 1 atom stereocenters. The quantitative estimate of drug-likeness (QED) is 0.752. The Balaban J connectivity index is 1.80. The first-order valence-electron chi connectivity index (χ1n) is 8.76. The van der Waals surface area contributed by atoms with Gasteiger partial charge in [0, 0.05) is 17.3 Å². The van der Waals surface area contributed by atoms with Gasteiger partial charge >= 0.3 is 5.92 Å². The molecule has 0 fully saturated rings. The van der Waals surface area contributed by atoms with Gasteiger partial charge in [-0.3, -0.25) is 9.78 Å². The zero-order valence-electron chi connectivity index (χ0n) is 15.6. The van der Waals surface area contributed by atoms with Crippen LogP contribution in [0.2, 0.25) is 5.15 Å². The second-order valence-corrected chi connectivity index (χ2v) is 7.21. The molecule has 28 heavy (non-hydrogen) atoms. The van der Waals surface area contributed by atoms with Gasteiger partial charge in [-0.25, -0.2) is 4.98 Å². The molecule has 150 valence electrons. The average Bonchev–Trinajstić information content (AvgIpc) is 2.60. The highest BCUT2D eigenvalue weighted by molar-refractivity contribution is 6.29. The first-order valence-corrected chi connectivity index (χ1v) is 9.14. The van der Waals surface area contributed by atoms with Gasteiger partial charge in [0.15, 0.2) is 0 Å². The number of carbonyl (C=O) groups is 1. The predicted octanol–water partition coefficient (Wildman–Crippen LogP) is 4.03. The van der Waals surface area contributed by atoms with Crippen LogP contribution in [0.1, 0.15) is 54.0 Å². The van der Waals surface area contributed by atoms with E-state index in [0.717, 1.165) is 6.20 Å². The van der Waals surface area contributed by atoms with Crippen LogP contribution < -0.4 is 10.1 Å². The SMILES string of the molecule is CC(C)Oc1nc(Cl)ccc1[C@H](C)NC(=O)c1cnc2c(c1)COCC2(F)F. The minimum atomic E-state index is -3.16. The maximum Gasteiger partial charge on any atom is 0.312 e. The highest BCUT2D eigenvalue weighted by Crippen LogP contribution is 2.34. The van der Waals surface area contributed by atoms with Crippen molar-refractivity contribution in [3.63, 3.8) is 0 Å². The average molecular weight is 412 g/mol. The van der Waals surface area contributed by atoms with Crippen molar-refractivity contribution >= 4 is 17.5 Å². The van der Waals surface area contributed by atoms with Crippen molar-refractivity contribution in [3.05, 3.63) is 51.9 Å². The fourth-order valence-corrected chi connectivity index (χ4v) is 3.00. The molecule has 1 aliphatic rings. The number of nitrogens with zero attached hydrogens (tertiary/aromatic N) is 2. The molecule has 1 aliphatic heterocycles. The van der Waals surface area contributed by atoms with Crippen molar-refractivity contribution in [3.8, 4) is 5.88 Å². The number of amides is 1. The molecule has 3 heterocycles. The third-order valence-electron chi connectivity index (χ3n) is 4.13. The summed E-state index contributed by atoms with van der Waals surface area (Å²) in [7, 11) is 0. The van der Waals surface area contributed by atoms with Gasteiger partial charge < -0.3 is 14.8 Å². The lowest BCUT2D eigenvalue weighted by Gasteiger charge is -2.24. The Bertz CT molecular complexity index is 893. The molecule has 0 bridgehead atoms. The molecular formula is C19H20ClF2N3O3. The standard InChI is InChI=1S/C19H20ClF2N3O3/c1-10(2)28-18-14(4-5-15(20)25-18)11(3)24-17(26)12-6-13-8-27-9-19(21,22)16(13)23-7-12/h4-7,10-11H,8-9H2,1-3H3,(H,24,26)/t11-/m0/s1. The fourth-order valence-electron chi connectivity index (χ4n) is 2.86. The van der Waals surface area contributed by atoms with Crippen molar-refractivity contribution in [2.24, 2.45) is 0 Å². The molecule has 2 aromatic heterocycles. The fraction of sp³-hybridized carbons (Fsp3) is 0.421. The van der Waals surface area contributed by atoms with Crippen LogP contribution in [0.25, 0.3) is 0 Å². The Kier molecular flexibility index (Phi) is 5.81. The van der Waals surface area contributed by atoms with E-state index in [-0.39, 0.29) is 34.7 Å². The van der Waals surface area contributed by atoms with E-state index in [4.69, 9.17) is 21.1 Å². The number of pyridine rings is 2. The van der Waals surface area contributed by atoms with Gasteiger partial charge in [-0.2, -0.15) is 8.78 Å². The van der Waals surface area contributed by atoms with Crippen molar-refractivity contribution in [1.82, 2.24) is 15.3 Å². The van der Waals surface area contributed by atoms with Crippen molar-refractivity contribution in [2.45, 2.75) is 45.4 Å². The molecule has 0 radical (unpaired) electrons. The van der Waals surface area contributed by atoms with E-state index in [0.29, 0.717) is 11.4 Å². The Labute approximate surface area is 166 Å². The van der Waals surface area contributed by atoms with Crippen LogP contribution in [0, 0.1) is 0 Å². The summed E-state index contributed by atoms with van der Waals surface area (Å²) in [6, 6.07) is 4.24. The summed E-state index contributed by atoms with van der Waals surface area (Å²) >= 11 is 5.94. The first kappa shape index (κ1) is 20.4. The highest BCUT2D eigenvalue weighted by Gasteiger charge is 2.39. The first-order chi connectivity index (χ1) is 13.2. The van der Waals surface area contributed by atoms with Crippen LogP contribution in [0.5, 0.6) is 5.88 Å². The normalized spacial score (nSPS) is 16.4. The smallest absolute Gasteiger partial charge is 0.312 e. The van der Waals surface area contributed by atoms with Crippen LogP contribution in [-0.4, -0.2) is 28.6 Å². The summed E-state index contributed by atoms with van der Waals surface area (Å²) in [5.74, 6) is -3.29. The Hall–Kier alpha value is -2.32. The molecular weight excluding hydrogens is 392 g/mol. The van der Waals surface area contributed by atoms with Gasteiger partial charge in [-0.05, 0) is 39.0 Å². The molecule has 0 unspecified atom stereocenters. The summed E-state index contributed by atoms with van der Waals surface area (Å²) in [4.78, 5) is 20.6. The molecule has 1 N–H and O–H groups in total. The van der Waals surface area contributed by atoms with E-state index in [9.17, 15) is 13.6 Å². The van der Waals surface area contributed by atoms with Gasteiger partial charge in [-0.1, -0.05) is 11.6 Å². The molecule has 0 spiro atoms. The van der Waals surface area contributed by atoms with Crippen LogP contribution in [0.4, 0.5) is 8.78 Å². The van der Waals surface area contributed by atoms with Gasteiger partial charge in [-0.15, -0.1) is 0 Å². The number of nitrogens with one attached hydrogen (secondary N) is 1. The third kappa shape index (κ3) is 4.39. The summed E-state index contributed by atoms with van der Waals surface area (Å²) in [5, 5.41) is 3.08. The van der Waals surface area contributed by atoms with E-state index in [1.54, 1.807) is 19.1 Å². The Morgan fingerprint density at radius 1 is 1.36 bits per heavy atom. The second-order valence-electron chi connectivity index (χ2n) is 6.82. The van der Waals surface area contributed by atoms with Crippen LogP contribution in [0.15, 0.2) is 24.4 Å². The molecule has 0 aromatic carbocycles. The summed E-state index contributed by atoms with van der Waals surface area (Å²) < 4.78 is 38.2. The molecule has 6 nitrogen and oxygen atoms in total. The number of hydrogen-bond acceptors (Lipinski definition) is 5. The van der Waals surface area contributed by atoms with Crippen LogP contribution >= 0.6 is 11.6 Å². The lowest BCUT2D eigenvalue weighted by Crippen LogP contribution is -2.31. The minimum Gasteiger partial charge on any atom is -0.475 e. The number of hydrogen-bond donors (Lipinski definition) is 1. The van der Waals surface area contributed by atoms with E-state index < -0.39 is 24.5 Å². The number of fused-ring (bicyclic) bond motifs is 1. The predicted molar refractivity (Wildman–Crippen MR) is 98.7 cm³/mol. The van der Waals surface area contributed by atoms with Gasteiger partial charge in [0.2, 0.25) is 5.88 Å². The van der Waals surface area contributed by atoms with E-state index in [2.05, 4.69) is 15.3 Å². The third-order valence-corrected chi connectivity index (χ3v) is 4.34. The number of halogens is 3. The largest absolute Gasteiger partial charge is 0.475 e. The second kappa shape index (κ2) is 7.97. The van der Waals surface area contributed by atoms with Gasteiger partial charge in [0.1, 0.15) is 17.5 Å². The molecule has 1 amide bonds. The van der Waals surface area contributed by atoms with E-state index >= 15 is 0 Å². The number of carbonyl (C=O) groups excluding carboxylic acids is 1. The topological polar surface area (TPSA) is 73.3 Å². The summed E-state index contributed by atoms with van der Waals surface area (Å²) in [5.41, 5.74) is 0.666. The molecule has 2 aromatic rings. The zero-order chi connectivity index (χ0) is 20.5. The summed E-state index contributed by atoms with van der Waals surface area (Å²) in [6.45, 7) is 4.75. The van der Waals surface area contributed by atoms with Crippen molar-refractivity contribution in [2.75, 3.05) is 6.61 Å². The van der Waals surface area contributed by atoms with E-state index in [1.165, 1.54) is 6.07 Å². The summed E-state index contributed by atoms with van der Waals surface area (Å²) in [6.07, 6.45) is 1.02. The zero-order valence-corrected chi connectivity index (χ0v) is 16.4. The van der Waals surface area contributed by atoms with Crippen molar-refractivity contribution in [1.29, 1.82) is 0 Å². The van der Waals surface area contributed by atoms with Crippen LogP contribution in [-0.2, 0) is 17.3 Å². The van der Waals surface area contributed by atoms with Crippen molar-refractivity contribution < 1.29 is 23.0 Å². The minimum absolute atomic E-state index is 0.0118. The Morgan fingerprint density at radius 3 is 2.82 bits per heavy atom. The number of rotatable bonds is 5. The maximum atomic E-state index is 13.8. The monoisotopic (exact) mass is 411 g/mol. The lowest BCUT2D eigenvalue weighted by atomic mass is 10.0.